The first-order valence-corrected chi connectivity index (χ1v) is 18.1. The largest absolute Gasteiger partial charge is 0.549 e. The second kappa shape index (κ2) is 24.5. The molecular formula is C41H36O24. The molecule has 344 valence electrons. The summed E-state index contributed by atoms with van der Waals surface area (Å²) in [7, 11) is 5.03. The van der Waals surface area contributed by atoms with E-state index in [0.717, 1.165) is 0 Å². The minimum absolute atomic E-state index is 0.0429. The van der Waals surface area contributed by atoms with Gasteiger partial charge in [-0.15, -0.1) is 0 Å². The molecule has 4 rings (SSSR count). The number of ether oxygens (including phenoxy) is 8. The first-order valence-electron chi connectivity index (χ1n) is 18.1. The molecule has 24 nitrogen and oxygen atoms in total. The van der Waals surface area contributed by atoms with Crippen LogP contribution >= 0.6 is 0 Å². The third kappa shape index (κ3) is 14.6. The minimum Gasteiger partial charge on any atom is -0.496 e. The van der Waals surface area contributed by atoms with E-state index in [1.165, 1.54) is 126 Å². The number of methoxy groups -OCH3 is 4. The molecule has 0 bridgehead atoms. The van der Waals surface area contributed by atoms with Gasteiger partial charge in [0, 0.05) is 0 Å². The second-order valence-corrected chi connectivity index (χ2v) is 12.3. The molecule has 0 fully saturated rings. The fourth-order valence-electron chi connectivity index (χ4n) is 4.91. The van der Waals surface area contributed by atoms with Gasteiger partial charge in [-0.1, -0.05) is 48.5 Å². The molecule has 0 saturated heterocycles. The van der Waals surface area contributed by atoms with Crippen LogP contribution < -0.4 is 18.9 Å². The third-order valence-electron chi connectivity index (χ3n) is 8.03. The highest BCUT2D eigenvalue weighted by molar-refractivity contribution is 5.94. The summed E-state index contributed by atoms with van der Waals surface area (Å²) >= 11 is 0. The van der Waals surface area contributed by atoms with E-state index in [1.807, 2.05) is 0 Å². The molecule has 0 amide bonds. The molecule has 0 radical (unpaired) electrons. The lowest BCUT2D eigenvalue weighted by atomic mass is 9.92. The van der Waals surface area contributed by atoms with E-state index in [2.05, 4.69) is 39.1 Å². The second-order valence-electron chi connectivity index (χ2n) is 12.3. The molecule has 0 unspecified atom stereocenters. The monoisotopic (exact) mass is 912 g/mol. The first kappa shape index (κ1) is 48.7. The zero-order valence-electron chi connectivity index (χ0n) is 34.4. The standard InChI is InChI=1S/C41H36O24/c1-50-29-17-9-5-13-25(29)33(42)58-62-37(46)54-21-41(22-55-38(47)63-59-34(43)26-14-6-10-18-30(26)51-2,23-56-39(48)64-60-35(44)27-15-7-11-19-31(27)52-3)24-57-40(49)65-61-36(45)28-16-8-12-20-32(28)53-4/h5-20H,21-24H2,1-4H3. The van der Waals surface area contributed by atoms with Crippen molar-refractivity contribution < 1.29 is 115 Å². The van der Waals surface area contributed by atoms with Crippen LogP contribution in [-0.2, 0) is 58.0 Å². The van der Waals surface area contributed by atoms with Gasteiger partial charge in [-0.25, -0.2) is 58.3 Å². The summed E-state index contributed by atoms with van der Waals surface area (Å²) in [6.45, 7) is -4.63. The highest BCUT2D eigenvalue weighted by atomic mass is 17.3. The molecular weight excluding hydrogens is 876 g/mol. The molecule has 65 heavy (non-hydrogen) atoms. The number of rotatable bonds is 16. The molecule has 0 heterocycles. The van der Waals surface area contributed by atoms with Crippen LogP contribution in [0, 0.1) is 5.41 Å². The predicted octanol–water partition coefficient (Wildman–Crippen LogP) is 5.71. The molecule has 0 saturated carbocycles. The topological polar surface area (TPSA) is 284 Å². The zero-order valence-corrected chi connectivity index (χ0v) is 34.4. The molecule has 4 aromatic carbocycles. The lowest BCUT2D eigenvalue weighted by Gasteiger charge is -2.30. The lowest BCUT2D eigenvalue weighted by Crippen LogP contribution is -2.44. The van der Waals surface area contributed by atoms with E-state index in [-0.39, 0.29) is 45.3 Å². The van der Waals surface area contributed by atoms with Crippen molar-refractivity contribution in [1.29, 1.82) is 0 Å². The Kier molecular flexibility index (Phi) is 18.3. The Morgan fingerprint density at radius 3 is 0.723 bits per heavy atom. The first-order chi connectivity index (χ1) is 31.3. The number of para-hydroxylation sites is 4. The number of benzene rings is 4. The van der Waals surface area contributed by atoms with Crippen molar-refractivity contribution in [1.82, 2.24) is 0 Å². The van der Waals surface area contributed by atoms with Crippen molar-refractivity contribution in [3.8, 4) is 23.0 Å². The minimum atomic E-state index is -2.31. The molecule has 0 aromatic heterocycles. The Balaban J connectivity index is 1.53. The van der Waals surface area contributed by atoms with E-state index in [0.29, 0.717) is 0 Å². The predicted molar refractivity (Wildman–Crippen MR) is 206 cm³/mol. The highest BCUT2D eigenvalue weighted by Gasteiger charge is 2.40. The van der Waals surface area contributed by atoms with Gasteiger partial charge in [0.05, 0.1) is 28.4 Å². The van der Waals surface area contributed by atoms with Gasteiger partial charge in [0.1, 0.15) is 77.1 Å². The Labute approximate surface area is 366 Å². The maximum absolute atomic E-state index is 12.7. The van der Waals surface area contributed by atoms with Crippen LogP contribution in [-0.4, -0.2) is 103 Å². The SMILES string of the molecule is COc1ccccc1C(=O)OOC(=O)OCC(COC(=O)OOC(=O)c1ccccc1OC)(COC(=O)OOC(=O)c1ccccc1OC)COC(=O)OOC(=O)c1ccccc1OC. The van der Waals surface area contributed by atoms with Crippen molar-refractivity contribution in [3.05, 3.63) is 119 Å². The number of hydrogen-bond donors (Lipinski definition) is 0. The van der Waals surface area contributed by atoms with Crippen molar-refractivity contribution in [2.45, 2.75) is 0 Å². The highest BCUT2D eigenvalue weighted by Crippen LogP contribution is 2.25. The molecule has 0 aliphatic carbocycles. The van der Waals surface area contributed by atoms with Crippen molar-refractivity contribution >= 4 is 48.5 Å². The zero-order chi connectivity index (χ0) is 47.2. The fourth-order valence-corrected chi connectivity index (χ4v) is 4.91. The molecule has 0 N–H and O–H groups in total. The lowest BCUT2D eigenvalue weighted by molar-refractivity contribution is -0.223. The molecule has 0 aliphatic heterocycles. The quantitative estimate of drug-likeness (QED) is 0.0563. The van der Waals surface area contributed by atoms with E-state index < -0.39 is 80.3 Å². The molecule has 24 heteroatoms. The smallest absolute Gasteiger partial charge is 0.496 e. The van der Waals surface area contributed by atoms with Crippen LogP contribution in [0.25, 0.3) is 0 Å². The summed E-state index contributed by atoms with van der Waals surface area (Å²) in [5, 5.41) is 0. The van der Waals surface area contributed by atoms with Crippen LogP contribution in [0.4, 0.5) is 19.2 Å². The van der Waals surface area contributed by atoms with Crippen LogP contribution in [0.1, 0.15) is 41.4 Å². The van der Waals surface area contributed by atoms with Gasteiger partial charge in [-0.05, 0) is 48.5 Å². The molecule has 0 spiro atoms. The fraction of sp³-hybridized carbons (Fsp3) is 0.220. The van der Waals surface area contributed by atoms with Gasteiger partial charge >= 0.3 is 48.5 Å². The van der Waals surface area contributed by atoms with Gasteiger partial charge in [0.25, 0.3) is 0 Å². The molecule has 4 aromatic rings. The average Bonchev–Trinajstić information content (AvgIpc) is 3.34. The Bertz CT molecular complexity index is 2000. The van der Waals surface area contributed by atoms with E-state index >= 15 is 0 Å². The van der Waals surface area contributed by atoms with E-state index in [1.54, 1.807) is 0 Å². The molecule has 0 atom stereocenters. The van der Waals surface area contributed by atoms with Crippen molar-refractivity contribution in [2.24, 2.45) is 5.41 Å². The molecule has 0 aliphatic rings. The summed E-state index contributed by atoms with van der Waals surface area (Å²) in [6.07, 6.45) is -7.03. The Hall–Kier alpha value is -8.96. The van der Waals surface area contributed by atoms with Crippen molar-refractivity contribution in [2.75, 3.05) is 54.9 Å². The van der Waals surface area contributed by atoms with Crippen LogP contribution in [0.15, 0.2) is 97.1 Å². The van der Waals surface area contributed by atoms with Crippen LogP contribution in [0.5, 0.6) is 23.0 Å². The summed E-state index contributed by atoms with van der Waals surface area (Å²) in [5.41, 5.74) is -3.01. The normalized spacial score (nSPS) is 10.3. The maximum Gasteiger partial charge on any atom is 0.549 e. The Morgan fingerprint density at radius 1 is 0.323 bits per heavy atom. The number of carbonyl (C=O) groups is 8. The van der Waals surface area contributed by atoms with Gasteiger partial charge in [-0.2, -0.15) is 19.2 Å². The summed E-state index contributed by atoms with van der Waals surface area (Å²) < 4.78 is 40.4. The Morgan fingerprint density at radius 2 is 0.523 bits per heavy atom. The number of hydrogen-bond acceptors (Lipinski definition) is 24. The summed E-state index contributed by atoms with van der Waals surface area (Å²) in [6, 6.07) is 22.7. The van der Waals surface area contributed by atoms with Crippen LogP contribution in [0.2, 0.25) is 0 Å². The summed E-state index contributed by atoms with van der Waals surface area (Å²) in [5.74, 6) is -4.71. The van der Waals surface area contributed by atoms with Gasteiger partial charge in [-0.3, -0.25) is 0 Å². The maximum atomic E-state index is 12.7. The van der Waals surface area contributed by atoms with Gasteiger partial charge in [0.15, 0.2) is 0 Å². The third-order valence-corrected chi connectivity index (χ3v) is 8.03. The summed E-state index contributed by atoms with van der Waals surface area (Å²) in [4.78, 5) is 137. The average molecular weight is 913 g/mol. The van der Waals surface area contributed by atoms with Crippen molar-refractivity contribution in [3.63, 3.8) is 0 Å². The van der Waals surface area contributed by atoms with E-state index in [4.69, 9.17) is 37.9 Å². The van der Waals surface area contributed by atoms with Gasteiger partial charge in [0.2, 0.25) is 0 Å². The van der Waals surface area contributed by atoms with E-state index in [9.17, 15) is 38.4 Å². The van der Waals surface area contributed by atoms with Gasteiger partial charge < -0.3 is 37.9 Å². The number of carbonyl (C=O) groups excluding carboxylic acids is 8. The van der Waals surface area contributed by atoms with Crippen LogP contribution in [0.3, 0.4) is 0 Å².